The van der Waals surface area contributed by atoms with E-state index in [-0.39, 0.29) is 0 Å². The van der Waals surface area contributed by atoms with Gasteiger partial charge in [0.1, 0.15) is 6.29 Å². The molecule has 0 unspecified atom stereocenters. The predicted molar refractivity (Wildman–Crippen MR) is 63.8 cm³/mol. The summed E-state index contributed by atoms with van der Waals surface area (Å²) in [7, 11) is -1.16. The molecule has 14 heavy (non-hydrogen) atoms. The minimum absolute atomic E-state index is 0.631. The Morgan fingerprint density at radius 2 is 1.71 bits per heavy atom. The fourth-order valence-corrected chi connectivity index (χ4v) is 2.56. The van der Waals surface area contributed by atoms with Crippen LogP contribution in [0.4, 0.5) is 0 Å². The third-order valence-electron chi connectivity index (χ3n) is 2.37. The molecule has 2 heteroatoms. The number of carbonyl (C=O) groups excluding carboxylic acids is 1. The molecule has 1 aromatic rings. The number of carbonyl (C=O) groups is 1. The van der Waals surface area contributed by atoms with Crippen molar-refractivity contribution in [2.75, 3.05) is 0 Å². The largest absolute Gasteiger partial charge is 0.303 e. The maximum absolute atomic E-state index is 10.2. The van der Waals surface area contributed by atoms with Crippen LogP contribution < -0.4 is 5.19 Å². The lowest BCUT2D eigenvalue weighted by Gasteiger charge is -2.16. The molecular weight excluding hydrogens is 188 g/mol. The van der Waals surface area contributed by atoms with E-state index in [4.69, 9.17) is 0 Å². The van der Waals surface area contributed by atoms with Crippen molar-refractivity contribution >= 4 is 19.5 Å². The van der Waals surface area contributed by atoms with E-state index in [0.717, 1.165) is 12.7 Å². The summed E-state index contributed by atoms with van der Waals surface area (Å²) >= 11 is 0. The van der Waals surface area contributed by atoms with Crippen molar-refractivity contribution in [3.63, 3.8) is 0 Å². The van der Waals surface area contributed by atoms with Gasteiger partial charge in [-0.2, -0.15) is 0 Å². The fraction of sp³-hybridized carbons (Fsp3) is 0.417. The summed E-state index contributed by atoms with van der Waals surface area (Å²) in [5, 5.41) is 1.48. The minimum Gasteiger partial charge on any atom is -0.303 e. The van der Waals surface area contributed by atoms with Crippen molar-refractivity contribution in [2.45, 2.75) is 32.5 Å². The quantitative estimate of drug-likeness (QED) is 0.546. The first-order valence-electron chi connectivity index (χ1n) is 5.07. The first-order valence-corrected chi connectivity index (χ1v) is 8.57. The number of aldehydes is 1. The van der Waals surface area contributed by atoms with E-state index < -0.39 is 8.07 Å². The summed E-state index contributed by atoms with van der Waals surface area (Å²) in [6.07, 6.45) is 2.48. The molecule has 1 nitrogen and oxygen atoms in total. The van der Waals surface area contributed by atoms with Gasteiger partial charge in [-0.1, -0.05) is 49.1 Å². The highest BCUT2D eigenvalue weighted by Gasteiger charge is 2.15. The van der Waals surface area contributed by atoms with Gasteiger partial charge >= 0.3 is 0 Å². The van der Waals surface area contributed by atoms with Crippen LogP contribution in [0.1, 0.15) is 12.0 Å². The Hall–Kier alpha value is -0.893. The summed E-state index contributed by atoms with van der Waals surface area (Å²) in [5.41, 5.74) is 1.26. The molecule has 0 saturated heterocycles. The number of aryl methyl sites for hydroxylation is 1. The Morgan fingerprint density at radius 3 is 2.14 bits per heavy atom. The van der Waals surface area contributed by atoms with E-state index in [0.29, 0.717) is 6.42 Å². The number of hydrogen-bond acceptors (Lipinski definition) is 1. The monoisotopic (exact) mass is 206 g/mol. The highest BCUT2D eigenvalue weighted by molar-refractivity contribution is 6.88. The SMILES string of the molecule is C[Si](C)(C)c1ccc(CCC=O)cc1. The van der Waals surface area contributed by atoms with Crippen molar-refractivity contribution in [1.29, 1.82) is 0 Å². The second-order valence-electron chi connectivity index (χ2n) is 4.65. The maximum Gasteiger partial charge on any atom is 0.120 e. The molecule has 0 aliphatic carbocycles. The lowest BCUT2D eigenvalue weighted by molar-refractivity contribution is -0.107. The van der Waals surface area contributed by atoms with Crippen molar-refractivity contribution in [2.24, 2.45) is 0 Å². The second kappa shape index (κ2) is 4.56. The molecular formula is C12H18OSi. The van der Waals surface area contributed by atoms with Gasteiger partial charge in [0.05, 0.1) is 8.07 Å². The Morgan fingerprint density at radius 1 is 1.14 bits per heavy atom. The topological polar surface area (TPSA) is 17.1 Å². The standard InChI is InChI=1S/C12H18OSi/c1-14(2,3)12-8-6-11(7-9-12)5-4-10-13/h6-10H,4-5H2,1-3H3. The molecule has 0 spiro atoms. The van der Waals surface area contributed by atoms with Crippen LogP contribution in [0.15, 0.2) is 24.3 Å². The average Bonchev–Trinajstić information content (AvgIpc) is 2.14. The highest BCUT2D eigenvalue weighted by atomic mass is 28.3. The van der Waals surface area contributed by atoms with Gasteiger partial charge in [-0.25, -0.2) is 0 Å². The summed E-state index contributed by atoms with van der Waals surface area (Å²) in [6.45, 7) is 7.02. The van der Waals surface area contributed by atoms with E-state index >= 15 is 0 Å². The van der Waals surface area contributed by atoms with E-state index in [2.05, 4.69) is 43.9 Å². The molecule has 0 aliphatic heterocycles. The van der Waals surface area contributed by atoms with Gasteiger partial charge < -0.3 is 4.79 Å². The molecule has 1 rings (SSSR count). The fourth-order valence-electron chi connectivity index (χ4n) is 1.40. The van der Waals surface area contributed by atoms with Crippen LogP contribution in [0.3, 0.4) is 0 Å². The van der Waals surface area contributed by atoms with Gasteiger partial charge in [0, 0.05) is 6.42 Å². The summed E-state index contributed by atoms with van der Waals surface area (Å²) < 4.78 is 0. The summed E-state index contributed by atoms with van der Waals surface area (Å²) in [4.78, 5) is 10.2. The van der Waals surface area contributed by atoms with Crippen LogP contribution in [-0.2, 0) is 11.2 Å². The van der Waals surface area contributed by atoms with Crippen LogP contribution in [0.25, 0.3) is 0 Å². The van der Waals surface area contributed by atoms with Crippen LogP contribution in [-0.4, -0.2) is 14.4 Å². The van der Waals surface area contributed by atoms with Crippen LogP contribution in [0.5, 0.6) is 0 Å². The molecule has 0 radical (unpaired) electrons. The third kappa shape index (κ3) is 3.11. The summed E-state index contributed by atoms with van der Waals surface area (Å²) in [6, 6.07) is 8.73. The Balaban J connectivity index is 2.73. The molecule has 0 amide bonds. The molecule has 0 bridgehead atoms. The Kier molecular flexibility index (Phi) is 3.64. The van der Waals surface area contributed by atoms with Gasteiger partial charge in [-0.05, 0) is 12.0 Å². The third-order valence-corrected chi connectivity index (χ3v) is 4.44. The average molecular weight is 206 g/mol. The molecule has 0 fully saturated rings. The van der Waals surface area contributed by atoms with Crippen molar-refractivity contribution in [3.8, 4) is 0 Å². The maximum atomic E-state index is 10.2. The molecule has 0 aromatic heterocycles. The van der Waals surface area contributed by atoms with Gasteiger partial charge in [-0.3, -0.25) is 0 Å². The van der Waals surface area contributed by atoms with E-state index in [1.807, 2.05) is 0 Å². The number of rotatable bonds is 4. The zero-order valence-corrected chi connectivity index (χ0v) is 10.2. The van der Waals surface area contributed by atoms with Crippen molar-refractivity contribution in [1.82, 2.24) is 0 Å². The normalized spacial score (nSPS) is 11.4. The Labute approximate surface area is 87.2 Å². The van der Waals surface area contributed by atoms with E-state index in [9.17, 15) is 4.79 Å². The Bertz CT molecular complexity index is 295. The van der Waals surface area contributed by atoms with E-state index in [1.54, 1.807) is 0 Å². The molecule has 0 atom stereocenters. The zero-order chi connectivity index (χ0) is 10.6. The van der Waals surface area contributed by atoms with E-state index in [1.165, 1.54) is 10.8 Å². The van der Waals surface area contributed by atoms with Crippen LogP contribution in [0, 0.1) is 0 Å². The highest BCUT2D eigenvalue weighted by Crippen LogP contribution is 2.05. The first kappa shape index (κ1) is 11.2. The molecule has 1 aromatic carbocycles. The number of benzene rings is 1. The molecule has 0 saturated carbocycles. The number of hydrogen-bond donors (Lipinski definition) is 0. The minimum atomic E-state index is -1.16. The molecule has 0 aliphatic rings. The second-order valence-corrected chi connectivity index (χ2v) is 9.73. The molecule has 0 N–H and O–H groups in total. The summed E-state index contributed by atoms with van der Waals surface area (Å²) in [5.74, 6) is 0. The van der Waals surface area contributed by atoms with Gasteiger partial charge in [-0.15, -0.1) is 0 Å². The predicted octanol–water partition coefficient (Wildman–Crippen LogP) is 2.36. The first-order chi connectivity index (χ1) is 6.54. The molecule has 0 heterocycles. The lowest BCUT2D eigenvalue weighted by Crippen LogP contribution is -2.37. The van der Waals surface area contributed by atoms with Gasteiger partial charge in [0.15, 0.2) is 0 Å². The van der Waals surface area contributed by atoms with Crippen LogP contribution in [0.2, 0.25) is 19.6 Å². The van der Waals surface area contributed by atoms with Crippen molar-refractivity contribution < 1.29 is 4.79 Å². The van der Waals surface area contributed by atoms with Gasteiger partial charge in [0.2, 0.25) is 0 Å². The lowest BCUT2D eigenvalue weighted by atomic mass is 10.1. The van der Waals surface area contributed by atoms with Crippen molar-refractivity contribution in [3.05, 3.63) is 29.8 Å². The molecule has 76 valence electrons. The van der Waals surface area contributed by atoms with Crippen LogP contribution >= 0.6 is 0 Å². The zero-order valence-electron chi connectivity index (χ0n) is 9.21. The van der Waals surface area contributed by atoms with Gasteiger partial charge in [0.25, 0.3) is 0 Å². The smallest absolute Gasteiger partial charge is 0.120 e.